The van der Waals surface area contributed by atoms with Crippen LogP contribution in [0.5, 0.6) is 0 Å². The molecule has 0 radical (unpaired) electrons. The molecule has 12 nitrogen and oxygen atoms in total. The van der Waals surface area contributed by atoms with E-state index in [9.17, 15) is 18.3 Å². The molecule has 0 saturated carbocycles. The van der Waals surface area contributed by atoms with Gasteiger partial charge < -0.3 is 19.7 Å². The second-order valence-electron chi connectivity index (χ2n) is 7.64. The molecule has 4 aromatic rings. The van der Waals surface area contributed by atoms with Crippen LogP contribution in [0.25, 0.3) is 11.2 Å². The first-order chi connectivity index (χ1) is 16.7. The Labute approximate surface area is 205 Å². The van der Waals surface area contributed by atoms with E-state index in [-0.39, 0.29) is 15.7 Å². The number of aromatic nitrogens is 5. The van der Waals surface area contributed by atoms with Crippen molar-refractivity contribution in [3.05, 3.63) is 46.7 Å². The summed E-state index contributed by atoms with van der Waals surface area (Å²) in [6.45, 7) is 2.96. The number of ether oxygens (including phenoxy) is 1. The predicted molar refractivity (Wildman–Crippen MR) is 131 cm³/mol. The van der Waals surface area contributed by atoms with Gasteiger partial charge in [-0.05, 0) is 24.6 Å². The molecule has 0 spiro atoms. The van der Waals surface area contributed by atoms with Crippen LogP contribution >= 0.6 is 11.3 Å². The Morgan fingerprint density at radius 1 is 1.20 bits per heavy atom. The second-order valence-corrected chi connectivity index (χ2v) is 10.7. The lowest BCUT2D eigenvalue weighted by atomic mass is 10.2. The van der Waals surface area contributed by atoms with Gasteiger partial charge in [0.1, 0.15) is 4.88 Å². The van der Waals surface area contributed by atoms with Gasteiger partial charge in [0.05, 0.1) is 30.1 Å². The van der Waals surface area contributed by atoms with Crippen molar-refractivity contribution in [1.82, 2.24) is 24.5 Å². The number of carboxylic acids is 1. The van der Waals surface area contributed by atoms with Gasteiger partial charge in [0, 0.05) is 19.9 Å². The van der Waals surface area contributed by atoms with E-state index >= 15 is 0 Å². The molecule has 0 amide bonds. The minimum absolute atomic E-state index is 0.134. The van der Waals surface area contributed by atoms with Gasteiger partial charge in [-0.25, -0.2) is 23.2 Å². The SMILES string of the molecule is COCCNc1nc(Nc2nc(C)c(C(=O)O)s2)nc2c1ncn2Cc1ccc(S(C)(=O)=O)cc1. The Morgan fingerprint density at radius 2 is 1.94 bits per heavy atom. The van der Waals surface area contributed by atoms with Crippen LogP contribution < -0.4 is 10.6 Å². The maximum atomic E-state index is 11.7. The number of benzene rings is 1. The molecule has 0 bridgehead atoms. The van der Waals surface area contributed by atoms with E-state index in [0.717, 1.165) is 23.2 Å². The van der Waals surface area contributed by atoms with Crippen molar-refractivity contribution >= 4 is 55.2 Å². The molecule has 35 heavy (non-hydrogen) atoms. The largest absolute Gasteiger partial charge is 0.477 e. The third-order valence-corrected chi connectivity index (χ3v) is 7.17. The number of sulfone groups is 1. The summed E-state index contributed by atoms with van der Waals surface area (Å²) in [4.78, 5) is 29.5. The van der Waals surface area contributed by atoms with Crippen molar-refractivity contribution in [2.45, 2.75) is 18.4 Å². The quantitative estimate of drug-likeness (QED) is 0.265. The highest BCUT2D eigenvalue weighted by molar-refractivity contribution is 7.90. The molecule has 3 aromatic heterocycles. The number of nitrogens with one attached hydrogen (secondary N) is 2. The molecule has 0 aliphatic rings. The van der Waals surface area contributed by atoms with Crippen molar-refractivity contribution < 1.29 is 23.1 Å². The second kappa shape index (κ2) is 9.93. The lowest BCUT2D eigenvalue weighted by molar-refractivity contribution is 0.0701. The maximum Gasteiger partial charge on any atom is 0.347 e. The fourth-order valence-corrected chi connectivity index (χ4v) is 4.72. The van der Waals surface area contributed by atoms with Gasteiger partial charge in [-0.1, -0.05) is 23.5 Å². The molecule has 0 aliphatic heterocycles. The zero-order valence-electron chi connectivity index (χ0n) is 19.1. The number of carbonyl (C=O) groups is 1. The zero-order chi connectivity index (χ0) is 25.2. The number of hydrogen-bond donors (Lipinski definition) is 3. The summed E-state index contributed by atoms with van der Waals surface area (Å²) in [6.07, 6.45) is 2.80. The first kappa shape index (κ1) is 24.5. The Morgan fingerprint density at radius 3 is 2.57 bits per heavy atom. The fraction of sp³-hybridized carbons (Fsp3) is 0.286. The van der Waals surface area contributed by atoms with Gasteiger partial charge in [0.15, 0.2) is 32.0 Å². The van der Waals surface area contributed by atoms with Gasteiger partial charge >= 0.3 is 5.97 Å². The average Bonchev–Trinajstić information content (AvgIpc) is 3.37. The van der Waals surface area contributed by atoms with Crippen LogP contribution in [0.1, 0.15) is 20.9 Å². The number of imidazole rings is 1. The van der Waals surface area contributed by atoms with Crippen LogP contribution in [0, 0.1) is 6.92 Å². The third kappa shape index (κ3) is 5.55. The van der Waals surface area contributed by atoms with Crippen LogP contribution in [0.2, 0.25) is 0 Å². The fourth-order valence-electron chi connectivity index (χ4n) is 3.29. The van der Waals surface area contributed by atoms with E-state index in [1.54, 1.807) is 44.6 Å². The molecule has 0 aliphatic carbocycles. The number of nitrogens with zero attached hydrogens (tertiary/aromatic N) is 5. The van der Waals surface area contributed by atoms with Crippen molar-refractivity contribution in [3.63, 3.8) is 0 Å². The summed E-state index contributed by atoms with van der Waals surface area (Å²) in [7, 11) is -1.69. The van der Waals surface area contributed by atoms with Crippen molar-refractivity contribution in [3.8, 4) is 0 Å². The number of methoxy groups -OCH3 is 1. The van der Waals surface area contributed by atoms with Gasteiger partial charge in [-0.15, -0.1) is 0 Å². The summed E-state index contributed by atoms with van der Waals surface area (Å²) >= 11 is 0.994. The minimum atomic E-state index is -3.28. The number of aromatic carboxylic acids is 1. The van der Waals surface area contributed by atoms with E-state index in [1.165, 1.54) is 0 Å². The summed E-state index contributed by atoms with van der Waals surface area (Å²) in [5.74, 6) is -0.351. The average molecular weight is 518 g/mol. The zero-order valence-corrected chi connectivity index (χ0v) is 20.8. The summed E-state index contributed by atoms with van der Waals surface area (Å²) < 4.78 is 30.4. The topological polar surface area (TPSA) is 161 Å². The predicted octanol–water partition coefficient (Wildman–Crippen LogP) is 2.54. The lowest BCUT2D eigenvalue weighted by Gasteiger charge is -2.10. The molecule has 0 unspecified atom stereocenters. The summed E-state index contributed by atoms with van der Waals surface area (Å²) in [5.41, 5.74) is 2.33. The van der Waals surface area contributed by atoms with Gasteiger partial charge in [0.25, 0.3) is 0 Å². The highest BCUT2D eigenvalue weighted by Crippen LogP contribution is 2.27. The molecule has 0 saturated heterocycles. The van der Waals surface area contributed by atoms with Crippen LogP contribution in [0.15, 0.2) is 35.5 Å². The number of thiazole rings is 1. The maximum absolute atomic E-state index is 11.7. The van der Waals surface area contributed by atoms with Crippen molar-refractivity contribution in [1.29, 1.82) is 0 Å². The Balaban J connectivity index is 1.69. The molecule has 0 atom stereocenters. The number of carboxylic acid groups (broad SMARTS) is 1. The van der Waals surface area contributed by atoms with Gasteiger partial charge in [0.2, 0.25) is 5.95 Å². The highest BCUT2D eigenvalue weighted by Gasteiger charge is 2.18. The molecule has 1 aromatic carbocycles. The molecular weight excluding hydrogens is 494 g/mol. The molecule has 4 rings (SSSR count). The molecule has 3 N–H and O–H groups in total. The van der Waals surface area contributed by atoms with E-state index in [1.807, 2.05) is 4.57 Å². The van der Waals surface area contributed by atoms with Crippen molar-refractivity contribution in [2.24, 2.45) is 0 Å². The molecule has 14 heteroatoms. The van der Waals surface area contributed by atoms with E-state index < -0.39 is 15.8 Å². The third-order valence-electron chi connectivity index (χ3n) is 4.98. The van der Waals surface area contributed by atoms with Crippen molar-refractivity contribution in [2.75, 3.05) is 37.2 Å². The van der Waals surface area contributed by atoms with Crippen LogP contribution in [0.3, 0.4) is 0 Å². The lowest BCUT2D eigenvalue weighted by Crippen LogP contribution is -2.11. The summed E-state index contributed by atoms with van der Waals surface area (Å²) in [5, 5.41) is 15.8. The smallest absolute Gasteiger partial charge is 0.347 e. The summed E-state index contributed by atoms with van der Waals surface area (Å²) in [6, 6.07) is 6.61. The molecule has 0 fully saturated rings. The molecule has 3 heterocycles. The number of aryl methyl sites for hydroxylation is 1. The molecular formula is C21H23N7O5S2. The highest BCUT2D eigenvalue weighted by atomic mass is 32.2. The number of hydrogen-bond acceptors (Lipinski definition) is 11. The van der Waals surface area contributed by atoms with Gasteiger partial charge in [-0.2, -0.15) is 9.97 Å². The monoisotopic (exact) mass is 517 g/mol. The molecule has 184 valence electrons. The first-order valence-corrected chi connectivity index (χ1v) is 13.1. The van der Waals surface area contributed by atoms with Crippen LogP contribution in [0.4, 0.5) is 16.9 Å². The van der Waals surface area contributed by atoms with E-state index in [2.05, 4.69) is 30.6 Å². The minimum Gasteiger partial charge on any atom is -0.477 e. The Kier molecular flexibility index (Phi) is 6.95. The van der Waals surface area contributed by atoms with E-state index in [4.69, 9.17) is 4.74 Å². The Bertz CT molecular complexity index is 1480. The van der Waals surface area contributed by atoms with Crippen LogP contribution in [-0.4, -0.2) is 70.5 Å². The van der Waals surface area contributed by atoms with E-state index in [0.29, 0.717) is 47.5 Å². The number of rotatable bonds is 10. The number of anilines is 3. The Hall–Kier alpha value is -3.62. The number of fused-ring (bicyclic) bond motifs is 1. The first-order valence-electron chi connectivity index (χ1n) is 10.4. The van der Waals surface area contributed by atoms with Crippen LogP contribution in [-0.2, 0) is 21.1 Å². The van der Waals surface area contributed by atoms with Gasteiger partial charge in [-0.3, -0.25) is 5.32 Å². The normalized spacial score (nSPS) is 11.6. The standard InChI is InChI=1S/C21H23N7O5S2/c1-12-16(19(29)30)34-21(24-12)27-20-25-17(22-8-9-33-2)15-18(26-20)28(11-23-15)10-13-4-6-14(7-5-13)35(3,31)32/h4-7,11H,8-10H2,1-3H3,(H,29,30)(H2,22,24,25,26,27).